The molecule has 116 valence electrons. The van der Waals surface area contributed by atoms with E-state index in [4.69, 9.17) is 5.73 Å². The van der Waals surface area contributed by atoms with Gasteiger partial charge >= 0.3 is 0 Å². The minimum absolute atomic E-state index is 0.0461. The standard InChI is InChI=1S/C14H23N5OS/c1-2-12-16-14(21-17-12)19-8-6-18(7-9-19)13(20)10-4-3-5-11(10)15/h10-11H,2-9,15H2,1H3/t10-,11-/m0/s1. The first-order valence-corrected chi connectivity index (χ1v) is 8.58. The Balaban J connectivity index is 1.56. The number of hydrogen-bond acceptors (Lipinski definition) is 6. The molecular formula is C14H23N5OS. The topological polar surface area (TPSA) is 75.4 Å². The number of hydrogen-bond donors (Lipinski definition) is 1. The molecule has 21 heavy (non-hydrogen) atoms. The van der Waals surface area contributed by atoms with Crippen LogP contribution in [0.15, 0.2) is 0 Å². The summed E-state index contributed by atoms with van der Waals surface area (Å²) in [5.41, 5.74) is 6.05. The second kappa shape index (κ2) is 6.27. The van der Waals surface area contributed by atoms with Gasteiger partial charge in [-0.3, -0.25) is 4.79 Å². The lowest BCUT2D eigenvalue weighted by atomic mass is 10.0. The van der Waals surface area contributed by atoms with Gasteiger partial charge in [-0.25, -0.2) is 4.98 Å². The Morgan fingerprint density at radius 1 is 1.33 bits per heavy atom. The van der Waals surface area contributed by atoms with Crippen LogP contribution in [-0.4, -0.2) is 52.4 Å². The second-order valence-electron chi connectivity index (χ2n) is 5.86. The third kappa shape index (κ3) is 3.03. The van der Waals surface area contributed by atoms with Crippen molar-refractivity contribution in [1.29, 1.82) is 0 Å². The van der Waals surface area contributed by atoms with Gasteiger partial charge in [-0.15, -0.1) is 0 Å². The normalized spacial score (nSPS) is 26.4. The SMILES string of the molecule is CCc1nsc(N2CCN(C(=O)[C@H]3CCC[C@@H]3N)CC2)n1. The lowest BCUT2D eigenvalue weighted by molar-refractivity contribution is -0.136. The fraction of sp³-hybridized carbons (Fsp3) is 0.786. The van der Waals surface area contributed by atoms with E-state index in [0.29, 0.717) is 0 Å². The van der Waals surface area contributed by atoms with Gasteiger partial charge < -0.3 is 15.5 Å². The molecule has 2 heterocycles. The van der Waals surface area contributed by atoms with Gasteiger partial charge in [-0.05, 0) is 12.8 Å². The van der Waals surface area contributed by atoms with E-state index in [0.717, 1.165) is 62.8 Å². The average molecular weight is 309 g/mol. The van der Waals surface area contributed by atoms with E-state index < -0.39 is 0 Å². The molecule has 0 aromatic carbocycles. The summed E-state index contributed by atoms with van der Waals surface area (Å²) in [5, 5.41) is 0.983. The highest BCUT2D eigenvalue weighted by molar-refractivity contribution is 7.09. The van der Waals surface area contributed by atoms with Crippen molar-refractivity contribution in [3.63, 3.8) is 0 Å². The van der Waals surface area contributed by atoms with Crippen LogP contribution in [0.4, 0.5) is 5.13 Å². The molecule has 2 N–H and O–H groups in total. The lowest BCUT2D eigenvalue weighted by Gasteiger charge is -2.36. The Morgan fingerprint density at radius 3 is 2.67 bits per heavy atom. The maximum Gasteiger partial charge on any atom is 0.227 e. The maximum absolute atomic E-state index is 12.5. The Labute approximate surface area is 129 Å². The lowest BCUT2D eigenvalue weighted by Crippen LogP contribution is -2.52. The smallest absolute Gasteiger partial charge is 0.227 e. The number of aryl methyl sites for hydroxylation is 1. The summed E-state index contributed by atoms with van der Waals surface area (Å²) in [6.45, 7) is 5.28. The van der Waals surface area contributed by atoms with Crippen LogP contribution in [0.25, 0.3) is 0 Å². The summed E-state index contributed by atoms with van der Waals surface area (Å²) in [4.78, 5) is 21.2. The predicted octanol–water partition coefficient (Wildman–Crippen LogP) is 0.877. The molecule has 1 amide bonds. The molecule has 0 bridgehead atoms. The van der Waals surface area contributed by atoms with Crippen LogP contribution in [-0.2, 0) is 11.2 Å². The third-order valence-electron chi connectivity index (χ3n) is 4.52. The zero-order valence-corrected chi connectivity index (χ0v) is 13.3. The van der Waals surface area contributed by atoms with Gasteiger partial charge in [-0.2, -0.15) is 4.37 Å². The van der Waals surface area contributed by atoms with Crippen molar-refractivity contribution < 1.29 is 4.79 Å². The van der Waals surface area contributed by atoms with Crippen molar-refractivity contribution in [3.05, 3.63) is 5.82 Å². The first kappa shape index (κ1) is 14.7. The van der Waals surface area contributed by atoms with Gasteiger partial charge in [0, 0.05) is 50.2 Å². The van der Waals surface area contributed by atoms with Crippen molar-refractivity contribution >= 4 is 22.6 Å². The van der Waals surface area contributed by atoms with Gasteiger partial charge in [0.15, 0.2) is 0 Å². The first-order valence-electron chi connectivity index (χ1n) is 7.81. The minimum Gasteiger partial charge on any atom is -0.343 e. The van der Waals surface area contributed by atoms with E-state index in [2.05, 4.69) is 21.2 Å². The van der Waals surface area contributed by atoms with Crippen molar-refractivity contribution in [2.24, 2.45) is 11.7 Å². The van der Waals surface area contributed by atoms with Crippen LogP contribution in [0.5, 0.6) is 0 Å². The molecule has 1 aliphatic heterocycles. The third-order valence-corrected chi connectivity index (χ3v) is 5.34. The molecule has 6 nitrogen and oxygen atoms in total. The molecule has 2 fully saturated rings. The molecule has 0 unspecified atom stereocenters. The van der Waals surface area contributed by atoms with Crippen LogP contribution < -0.4 is 10.6 Å². The van der Waals surface area contributed by atoms with Crippen LogP contribution in [0.3, 0.4) is 0 Å². The highest BCUT2D eigenvalue weighted by atomic mass is 32.1. The number of aromatic nitrogens is 2. The van der Waals surface area contributed by atoms with Gasteiger partial charge in [0.2, 0.25) is 11.0 Å². The predicted molar refractivity (Wildman–Crippen MR) is 83.4 cm³/mol. The Morgan fingerprint density at radius 2 is 2.10 bits per heavy atom. The molecule has 7 heteroatoms. The molecule has 0 radical (unpaired) electrons. The highest BCUT2D eigenvalue weighted by Gasteiger charge is 2.34. The molecule has 0 spiro atoms. The van der Waals surface area contributed by atoms with Gasteiger partial charge in [-0.1, -0.05) is 13.3 Å². The number of piperazine rings is 1. The fourth-order valence-corrected chi connectivity index (χ4v) is 3.97. The highest BCUT2D eigenvalue weighted by Crippen LogP contribution is 2.27. The zero-order chi connectivity index (χ0) is 14.8. The zero-order valence-electron chi connectivity index (χ0n) is 12.5. The number of anilines is 1. The molecule has 2 aliphatic rings. The number of rotatable bonds is 3. The van der Waals surface area contributed by atoms with Crippen LogP contribution in [0, 0.1) is 5.92 Å². The maximum atomic E-state index is 12.5. The van der Waals surface area contributed by atoms with E-state index in [1.165, 1.54) is 11.5 Å². The van der Waals surface area contributed by atoms with Gasteiger partial charge in [0.05, 0.1) is 5.92 Å². The van der Waals surface area contributed by atoms with Crippen molar-refractivity contribution in [1.82, 2.24) is 14.3 Å². The van der Waals surface area contributed by atoms with E-state index in [-0.39, 0.29) is 17.9 Å². The molecule has 1 aliphatic carbocycles. The van der Waals surface area contributed by atoms with Crippen LogP contribution in [0.1, 0.15) is 32.0 Å². The van der Waals surface area contributed by atoms with E-state index in [1.54, 1.807) is 0 Å². The largest absolute Gasteiger partial charge is 0.343 e. The number of carbonyl (C=O) groups is 1. The summed E-state index contributed by atoms with van der Waals surface area (Å²) in [5.74, 6) is 1.21. The molecule has 1 saturated carbocycles. The van der Waals surface area contributed by atoms with Crippen molar-refractivity contribution in [2.75, 3.05) is 31.1 Å². The molecule has 1 saturated heterocycles. The summed E-state index contributed by atoms with van der Waals surface area (Å²) >= 11 is 1.46. The molecule has 1 aromatic rings. The summed E-state index contributed by atoms with van der Waals surface area (Å²) in [6.07, 6.45) is 3.90. The minimum atomic E-state index is 0.0461. The number of nitrogens with two attached hydrogens (primary N) is 1. The van der Waals surface area contributed by atoms with Crippen LogP contribution in [0.2, 0.25) is 0 Å². The van der Waals surface area contributed by atoms with Gasteiger partial charge in [0.25, 0.3) is 0 Å². The van der Waals surface area contributed by atoms with E-state index in [1.807, 2.05) is 4.90 Å². The first-order chi connectivity index (χ1) is 10.2. The number of nitrogens with zero attached hydrogens (tertiary/aromatic N) is 4. The van der Waals surface area contributed by atoms with E-state index in [9.17, 15) is 4.79 Å². The molecule has 3 rings (SSSR count). The Bertz CT molecular complexity index is 497. The monoisotopic (exact) mass is 309 g/mol. The Hall–Kier alpha value is -1.21. The average Bonchev–Trinajstić information content (AvgIpc) is 3.15. The number of amides is 1. The Kier molecular flexibility index (Phi) is 4.40. The van der Waals surface area contributed by atoms with Crippen molar-refractivity contribution in [2.45, 2.75) is 38.6 Å². The summed E-state index contributed by atoms with van der Waals surface area (Å²) in [6, 6.07) is 0.0609. The number of carbonyl (C=O) groups excluding carboxylic acids is 1. The molecule has 1 aromatic heterocycles. The van der Waals surface area contributed by atoms with Crippen LogP contribution >= 0.6 is 11.5 Å². The second-order valence-corrected chi connectivity index (χ2v) is 6.59. The summed E-state index contributed by atoms with van der Waals surface area (Å²) < 4.78 is 4.33. The van der Waals surface area contributed by atoms with E-state index >= 15 is 0 Å². The summed E-state index contributed by atoms with van der Waals surface area (Å²) in [7, 11) is 0. The fourth-order valence-electron chi connectivity index (χ4n) is 3.16. The molecule has 2 atom stereocenters. The quantitative estimate of drug-likeness (QED) is 0.897. The molecular weight excluding hydrogens is 286 g/mol. The van der Waals surface area contributed by atoms with Gasteiger partial charge in [0.1, 0.15) is 5.82 Å². The van der Waals surface area contributed by atoms with Crippen molar-refractivity contribution in [3.8, 4) is 0 Å².